The third-order valence-corrected chi connectivity index (χ3v) is 3.67. The van der Waals surface area contributed by atoms with Crippen molar-refractivity contribution in [2.75, 3.05) is 20.8 Å². The molecule has 0 saturated carbocycles. The van der Waals surface area contributed by atoms with Gasteiger partial charge in [0, 0.05) is 37.9 Å². The maximum Gasteiger partial charge on any atom is 0.258 e. The van der Waals surface area contributed by atoms with Gasteiger partial charge in [0.2, 0.25) is 0 Å². The third-order valence-electron chi connectivity index (χ3n) is 3.67. The smallest absolute Gasteiger partial charge is 0.258 e. The molecule has 4 heteroatoms. The highest BCUT2D eigenvalue weighted by Crippen LogP contribution is 2.21. The first-order chi connectivity index (χ1) is 9.69. The molecule has 1 aromatic heterocycles. The zero-order valence-corrected chi connectivity index (χ0v) is 12.3. The summed E-state index contributed by atoms with van der Waals surface area (Å²) in [6.07, 6.45) is 2.81. The number of ether oxygens (including phenoxy) is 1. The van der Waals surface area contributed by atoms with Crippen LogP contribution in [0.15, 0.2) is 35.3 Å². The van der Waals surface area contributed by atoms with Gasteiger partial charge < -0.3 is 14.6 Å². The van der Waals surface area contributed by atoms with Gasteiger partial charge in [0.25, 0.3) is 5.56 Å². The molecule has 108 valence electrons. The molecule has 1 atom stereocenters. The molecule has 2 rings (SSSR count). The SMILES string of the molecule is CNC(C)c1cn(CCCOC)c(=O)c2ccccc12. The van der Waals surface area contributed by atoms with Crippen molar-refractivity contribution >= 4 is 10.8 Å². The summed E-state index contributed by atoms with van der Waals surface area (Å²) < 4.78 is 6.86. The molecule has 1 N–H and O–H groups in total. The number of hydrogen-bond donors (Lipinski definition) is 1. The highest BCUT2D eigenvalue weighted by atomic mass is 16.5. The normalized spacial score (nSPS) is 12.8. The summed E-state index contributed by atoms with van der Waals surface area (Å²) in [6.45, 7) is 3.45. The Hall–Kier alpha value is -1.65. The molecule has 0 aliphatic heterocycles. The van der Waals surface area contributed by atoms with Crippen LogP contribution >= 0.6 is 0 Å². The standard InChI is InChI=1S/C16H22N2O2/c1-12(17-2)15-11-18(9-6-10-20-3)16(19)14-8-5-4-7-13(14)15/h4-5,7-8,11-12,17H,6,9-10H2,1-3H3. The molecule has 0 aliphatic carbocycles. The van der Waals surface area contributed by atoms with Crippen LogP contribution in [-0.2, 0) is 11.3 Å². The molecule has 4 nitrogen and oxygen atoms in total. The Kier molecular flexibility index (Phi) is 4.93. The number of rotatable bonds is 6. The van der Waals surface area contributed by atoms with E-state index < -0.39 is 0 Å². The summed E-state index contributed by atoms with van der Waals surface area (Å²) in [7, 11) is 3.61. The first-order valence-electron chi connectivity index (χ1n) is 6.97. The van der Waals surface area contributed by atoms with Crippen LogP contribution < -0.4 is 10.9 Å². The first-order valence-corrected chi connectivity index (χ1v) is 6.97. The highest BCUT2D eigenvalue weighted by molar-refractivity contribution is 5.85. The van der Waals surface area contributed by atoms with Crippen LogP contribution in [0.4, 0.5) is 0 Å². The average molecular weight is 274 g/mol. The van der Waals surface area contributed by atoms with Crippen LogP contribution in [0.2, 0.25) is 0 Å². The van der Waals surface area contributed by atoms with Gasteiger partial charge >= 0.3 is 0 Å². The van der Waals surface area contributed by atoms with E-state index in [4.69, 9.17) is 4.74 Å². The molecule has 1 unspecified atom stereocenters. The average Bonchev–Trinajstić information content (AvgIpc) is 2.49. The lowest BCUT2D eigenvalue weighted by atomic mass is 10.0. The van der Waals surface area contributed by atoms with E-state index in [0.29, 0.717) is 13.2 Å². The number of benzene rings is 1. The van der Waals surface area contributed by atoms with Crippen LogP contribution in [0.25, 0.3) is 10.8 Å². The molecular formula is C16H22N2O2. The molecule has 0 saturated heterocycles. The Morgan fingerprint density at radius 1 is 1.30 bits per heavy atom. The van der Waals surface area contributed by atoms with Crippen molar-refractivity contribution in [2.45, 2.75) is 25.9 Å². The topological polar surface area (TPSA) is 43.3 Å². The lowest BCUT2D eigenvalue weighted by Crippen LogP contribution is -2.24. The van der Waals surface area contributed by atoms with Crippen molar-refractivity contribution in [2.24, 2.45) is 0 Å². The van der Waals surface area contributed by atoms with E-state index in [9.17, 15) is 4.79 Å². The van der Waals surface area contributed by atoms with Gasteiger partial charge in [-0.05, 0) is 37.4 Å². The number of nitrogens with one attached hydrogen (secondary N) is 1. The van der Waals surface area contributed by atoms with Gasteiger partial charge in [0.1, 0.15) is 0 Å². The van der Waals surface area contributed by atoms with Gasteiger partial charge in [-0.15, -0.1) is 0 Å². The summed E-state index contributed by atoms with van der Waals surface area (Å²) >= 11 is 0. The fraction of sp³-hybridized carbons (Fsp3) is 0.438. The minimum Gasteiger partial charge on any atom is -0.385 e. The van der Waals surface area contributed by atoms with E-state index in [1.165, 1.54) is 0 Å². The molecule has 20 heavy (non-hydrogen) atoms. The second kappa shape index (κ2) is 6.68. The second-order valence-electron chi connectivity index (χ2n) is 4.99. The molecule has 2 aromatic rings. The van der Waals surface area contributed by atoms with Gasteiger partial charge in [-0.25, -0.2) is 0 Å². The molecule has 1 aromatic carbocycles. The Morgan fingerprint density at radius 2 is 2.00 bits per heavy atom. The van der Waals surface area contributed by atoms with Gasteiger partial charge in [0.15, 0.2) is 0 Å². The maximum atomic E-state index is 12.5. The summed E-state index contributed by atoms with van der Waals surface area (Å²) in [6, 6.07) is 8.00. The fourth-order valence-corrected chi connectivity index (χ4v) is 2.42. The van der Waals surface area contributed by atoms with E-state index in [-0.39, 0.29) is 11.6 Å². The molecule has 1 heterocycles. The molecule has 0 fully saturated rings. The predicted octanol–water partition coefficient (Wildman–Crippen LogP) is 2.32. The lowest BCUT2D eigenvalue weighted by molar-refractivity contribution is 0.190. The van der Waals surface area contributed by atoms with Crippen molar-refractivity contribution in [1.82, 2.24) is 9.88 Å². The number of aryl methyl sites for hydroxylation is 1. The number of aromatic nitrogens is 1. The Labute approximate surface area is 119 Å². The van der Waals surface area contributed by atoms with Crippen LogP contribution in [0.1, 0.15) is 24.9 Å². The zero-order valence-electron chi connectivity index (χ0n) is 12.3. The van der Waals surface area contributed by atoms with Crippen LogP contribution in [0, 0.1) is 0 Å². The van der Waals surface area contributed by atoms with Crippen molar-refractivity contribution in [1.29, 1.82) is 0 Å². The summed E-state index contributed by atoms with van der Waals surface area (Å²) in [4.78, 5) is 12.5. The van der Waals surface area contributed by atoms with Crippen molar-refractivity contribution in [3.63, 3.8) is 0 Å². The minimum absolute atomic E-state index is 0.0729. The molecule has 0 amide bonds. The van der Waals surface area contributed by atoms with Crippen LogP contribution in [-0.4, -0.2) is 25.3 Å². The predicted molar refractivity (Wildman–Crippen MR) is 82.2 cm³/mol. The zero-order chi connectivity index (χ0) is 14.5. The quantitative estimate of drug-likeness (QED) is 0.822. The van der Waals surface area contributed by atoms with Crippen molar-refractivity contribution < 1.29 is 4.74 Å². The third kappa shape index (κ3) is 2.92. The summed E-state index contributed by atoms with van der Waals surface area (Å²) in [5.41, 5.74) is 1.23. The monoisotopic (exact) mass is 274 g/mol. The minimum atomic E-state index is 0.0729. The summed E-state index contributed by atoms with van der Waals surface area (Å²) in [5, 5.41) is 5.06. The highest BCUT2D eigenvalue weighted by Gasteiger charge is 2.12. The maximum absolute atomic E-state index is 12.5. The largest absolute Gasteiger partial charge is 0.385 e. The molecular weight excluding hydrogens is 252 g/mol. The number of pyridine rings is 1. The second-order valence-corrected chi connectivity index (χ2v) is 4.99. The fourth-order valence-electron chi connectivity index (χ4n) is 2.42. The Bertz CT molecular complexity index is 634. The van der Waals surface area contributed by atoms with Crippen molar-refractivity contribution in [3.8, 4) is 0 Å². The Balaban J connectivity index is 2.53. The number of hydrogen-bond acceptors (Lipinski definition) is 3. The lowest BCUT2D eigenvalue weighted by Gasteiger charge is -2.17. The van der Waals surface area contributed by atoms with Crippen molar-refractivity contribution in [3.05, 3.63) is 46.4 Å². The summed E-state index contributed by atoms with van der Waals surface area (Å²) in [5.74, 6) is 0. The van der Waals surface area contributed by atoms with Crippen LogP contribution in [0.5, 0.6) is 0 Å². The van der Waals surface area contributed by atoms with Gasteiger partial charge in [-0.3, -0.25) is 4.79 Å². The van der Waals surface area contributed by atoms with Gasteiger partial charge in [-0.1, -0.05) is 18.2 Å². The van der Waals surface area contributed by atoms with E-state index in [1.807, 2.05) is 37.5 Å². The number of nitrogens with zero attached hydrogens (tertiary/aromatic N) is 1. The van der Waals surface area contributed by atoms with E-state index in [0.717, 1.165) is 22.8 Å². The molecule has 0 bridgehead atoms. The number of fused-ring (bicyclic) bond motifs is 1. The first kappa shape index (κ1) is 14.8. The Morgan fingerprint density at radius 3 is 2.65 bits per heavy atom. The van der Waals surface area contributed by atoms with E-state index >= 15 is 0 Å². The molecule has 0 aliphatic rings. The van der Waals surface area contributed by atoms with Gasteiger partial charge in [0.05, 0.1) is 0 Å². The molecule has 0 radical (unpaired) electrons. The number of methoxy groups -OCH3 is 1. The van der Waals surface area contributed by atoms with Crippen LogP contribution in [0.3, 0.4) is 0 Å². The van der Waals surface area contributed by atoms with E-state index in [2.05, 4.69) is 12.2 Å². The van der Waals surface area contributed by atoms with E-state index in [1.54, 1.807) is 11.7 Å². The molecule has 0 spiro atoms. The van der Waals surface area contributed by atoms with Gasteiger partial charge in [-0.2, -0.15) is 0 Å².